The van der Waals surface area contributed by atoms with Crippen molar-refractivity contribution in [1.82, 2.24) is 15.3 Å². The predicted octanol–water partition coefficient (Wildman–Crippen LogP) is 4.49. The van der Waals surface area contributed by atoms with Gasteiger partial charge in [-0.1, -0.05) is 24.6 Å². The van der Waals surface area contributed by atoms with Crippen LogP contribution in [0.25, 0.3) is 10.9 Å². The SMILES string of the molecule is SC1CCC1.c1ccc2ncc(Nc3nccc4c3CCNC4)cc2c1. The third-order valence-electron chi connectivity index (χ3n) is 4.95. The van der Waals surface area contributed by atoms with Crippen molar-refractivity contribution in [2.24, 2.45) is 0 Å². The molecular formula is C21H24N4S. The molecule has 0 spiro atoms. The van der Waals surface area contributed by atoms with E-state index in [1.165, 1.54) is 30.4 Å². The van der Waals surface area contributed by atoms with Crippen LogP contribution in [0.5, 0.6) is 0 Å². The molecule has 26 heavy (non-hydrogen) atoms. The van der Waals surface area contributed by atoms with Crippen molar-refractivity contribution >= 4 is 35.0 Å². The van der Waals surface area contributed by atoms with E-state index in [1.807, 2.05) is 30.6 Å². The van der Waals surface area contributed by atoms with Crippen LogP contribution in [0.3, 0.4) is 0 Å². The summed E-state index contributed by atoms with van der Waals surface area (Å²) in [4.78, 5) is 8.99. The van der Waals surface area contributed by atoms with Gasteiger partial charge in [-0.25, -0.2) is 4.98 Å². The van der Waals surface area contributed by atoms with Crippen molar-refractivity contribution in [3.05, 3.63) is 59.9 Å². The van der Waals surface area contributed by atoms with Crippen LogP contribution in [0.4, 0.5) is 11.5 Å². The van der Waals surface area contributed by atoms with Crippen molar-refractivity contribution in [1.29, 1.82) is 0 Å². The van der Waals surface area contributed by atoms with E-state index in [0.717, 1.165) is 47.2 Å². The van der Waals surface area contributed by atoms with Crippen LogP contribution in [-0.2, 0) is 13.0 Å². The molecule has 1 fully saturated rings. The molecule has 3 heterocycles. The number of pyridine rings is 2. The van der Waals surface area contributed by atoms with Crippen LogP contribution in [0.1, 0.15) is 30.4 Å². The summed E-state index contributed by atoms with van der Waals surface area (Å²) in [6, 6.07) is 12.3. The van der Waals surface area contributed by atoms with E-state index < -0.39 is 0 Å². The first-order valence-corrected chi connectivity index (χ1v) is 9.78. The van der Waals surface area contributed by atoms with Crippen molar-refractivity contribution in [3.63, 3.8) is 0 Å². The first-order valence-electron chi connectivity index (χ1n) is 9.27. The Labute approximate surface area is 159 Å². The number of hydrogen-bond acceptors (Lipinski definition) is 5. The fraction of sp³-hybridized carbons (Fsp3) is 0.333. The largest absolute Gasteiger partial charge is 0.339 e. The average Bonchev–Trinajstić information content (AvgIpc) is 2.67. The van der Waals surface area contributed by atoms with Crippen LogP contribution in [0.15, 0.2) is 48.8 Å². The Bertz CT molecular complexity index is 892. The summed E-state index contributed by atoms with van der Waals surface area (Å²) in [5, 5.41) is 8.70. The van der Waals surface area contributed by atoms with E-state index in [1.54, 1.807) is 0 Å². The summed E-state index contributed by atoms with van der Waals surface area (Å²) in [7, 11) is 0. The summed E-state index contributed by atoms with van der Waals surface area (Å²) in [5.74, 6) is 0.950. The minimum absolute atomic E-state index is 0.759. The summed E-state index contributed by atoms with van der Waals surface area (Å²) in [5.41, 5.74) is 4.63. The highest BCUT2D eigenvalue weighted by Crippen LogP contribution is 2.25. The van der Waals surface area contributed by atoms with Gasteiger partial charge >= 0.3 is 0 Å². The number of thiol groups is 1. The van der Waals surface area contributed by atoms with E-state index in [0.29, 0.717) is 0 Å². The van der Waals surface area contributed by atoms with Gasteiger partial charge in [-0.05, 0) is 49.6 Å². The Morgan fingerprint density at radius 1 is 1.12 bits per heavy atom. The van der Waals surface area contributed by atoms with Crippen LogP contribution < -0.4 is 10.6 Å². The molecule has 2 aromatic heterocycles. The summed E-state index contributed by atoms with van der Waals surface area (Å²) in [6.45, 7) is 1.92. The monoisotopic (exact) mass is 364 g/mol. The van der Waals surface area contributed by atoms with Gasteiger partial charge in [0.25, 0.3) is 0 Å². The molecule has 1 aromatic carbocycles. The lowest BCUT2D eigenvalue weighted by Gasteiger charge is -2.20. The molecule has 1 aliphatic carbocycles. The van der Waals surface area contributed by atoms with E-state index >= 15 is 0 Å². The van der Waals surface area contributed by atoms with Crippen LogP contribution in [0, 0.1) is 0 Å². The maximum atomic E-state index is 4.50. The Balaban J connectivity index is 0.000000292. The highest BCUT2D eigenvalue weighted by atomic mass is 32.1. The molecular weight excluding hydrogens is 340 g/mol. The molecule has 3 aromatic rings. The van der Waals surface area contributed by atoms with E-state index in [4.69, 9.17) is 0 Å². The number of hydrogen-bond donors (Lipinski definition) is 3. The molecule has 0 atom stereocenters. The predicted molar refractivity (Wildman–Crippen MR) is 111 cm³/mol. The number of anilines is 2. The quantitative estimate of drug-likeness (QED) is 0.587. The van der Waals surface area contributed by atoms with Gasteiger partial charge in [-0.3, -0.25) is 4.98 Å². The average molecular weight is 365 g/mol. The number of nitrogens with one attached hydrogen (secondary N) is 2. The molecule has 0 unspecified atom stereocenters. The van der Waals surface area contributed by atoms with Crippen LogP contribution in [0.2, 0.25) is 0 Å². The maximum absolute atomic E-state index is 4.50. The van der Waals surface area contributed by atoms with Gasteiger partial charge in [0.2, 0.25) is 0 Å². The third kappa shape index (κ3) is 4.00. The number of benzene rings is 1. The lowest BCUT2D eigenvalue weighted by molar-refractivity contribution is 0.525. The van der Waals surface area contributed by atoms with E-state index in [-0.39, 0.29) is 0 Å². The second-order valence-corrected chi connectivity index (χ2v) is 7.58. The fourth-order valence-corrected chi connectivity index (χ4v) is 3.55. The molecule has 1 saturated carbocycles. The van der Waals surface area contributed by atoms with Gasteiger partial charge in [0.1, 0.15) is 5.82 Å². The zero-order valence-electron chi connectivity index (χ0n) is 14.8. The molecule has 0 saturated heterocycles. The molecule has 2 N–H and O–H groups in total. The van der Waals surface area contributed by atoms with Crippen molar-refractivity contribution in [3.8, 4) is 0 Å². The Kier molecular flexibility index (Phi) is 5.37. The summed E-state index contributed by atoms with van der Waals surface area (Å²) < 4.78 is 0. The normalized spacial score (nSPS) is 16.2. The Morgan fingerprint density at radius 2 is 1.96 bits per heavy atom. The molecule has 1 aliphatic heterocycles. The zero-order chi connectivity index (χ0) is 17.8. The van der Waals surface area contributed by atoms with Crippen molar-refractivity contribution < 1.29 is 0 Å². The molecule has 0 bridgehead atoms. The van der Waals surface area contributed by atoms with E-state index in [9.17, 15) is 0 Å². The standard InChI is InChI=1S/C17H16N4.C4H8S/c1-2-4-16-12(3-1)9-14(11-20-16)21-17-15-6-7-18-10-13(15)5-8-19-17;5-4-2-1-3-4/h1-5,8-9,11,18H,6-7,10H2,(H,19,21);4-5H,1-3H2. The first kappa shape index (κ1) is 17.3. The van der Waals surface area contributed by atoms with Gasteiger partial charge in [-0.15, -0.1) is 0 Å². The third-order valence-corrected chi connectivity index (χ3v) is 5.46. The second kappa shape index (κ2) is 8.06. The topological polar surface area (TPSA) is 49.8 Å². The smallest absolute Gasteiger partial charge is 0.133 e. The number of para-hydroxylation sites is 1. The maximum Gasteiger partial charge on any atom is 0.133 e. The van der Waals surface area contributed by atoms with Crippen LogP contribution >= 0.6 is 12.6 Å². The molecule has 134 valence electrons. The summed E-state index contributed by atoms with van der Waals surface area (Å²) in [6.07, 6.45) is 8.85. The molecule has 5 heteroatoms. The molecule has 0 amide bonds. The van der Waals surface area contributed by atoms with Gasteiger partial charge < -0.3 is 10.6 Å². The lowest BCUT2D eigenvalue weighted by atomic mass is 10.0. The summed E-state index contributed by atoms with van der Waals surface area (Å²) >= 11 is 4.18. The number of aromatic nitrogens is 2. The number of rotatable bonds is 2. The van der Waals surface area contributed by atoms with Gasteiger partial charge in [0.15, 0.2) is 0 Å². The van der Waals surface area contributed by atoms with Crippen molar-refractivity contribution in [2.75, 3.05) is 11.9 Å². The second-order valence-electron chi connectivity index (χ2n) is 6.85. The zero-order valence-corrected chi connectivity index (χ0v) is 15.7. The van der Waals surface area contributed by atoms with E-state index in [2.05, 4.69) is 51.4 Å². The Hall–Kier alpha value is -2.11. The lowest BCUT2D eigenvalue weighted by Crippen LogP contribution is -2.24. The van der Waals surface area contributed by atoms with Crippen LogP contribution in [-0.4, -0.2) is 21.8 Å². The molecule has 4 nitrogen and oxygen atoms in total. The minimum atomic E-state index is 0.759. The number of nitrogens with zero attached hydrogens (tertiary/aromatic N) is 2. The van der Waals surface area contributed by atoms with Crippen molar-refractivity contribution in [2.45, 2.75) is 37.5 Å². The number of fused-ring (bicyclic) bond motifs is 2. The van der Waals surface area contributed by atoms with Gasteiger partial charge in [0, 0.05) is 28.9 Å². The molecule has 0 radical (unpaired) electrons. The molecule has 5 rings (SSSR count). The highest BCUT2D eigenvalue weighted by Gasteiger charge is 2.13. The molecule has 2 aliphatic rings. The van der Waals surface area contributed by atoms with Gasteiger partial charge in [0.05, 0.1) is 17.4 Å². The minimum Gasteiger partial charge on any atom is -0.339 e. The van der Waals surface area contributed by atoms with Gasteiger partial charge in [-0.2, -0.15) is 12.6 Å². The highest BCUT2D eigenvalue weighted by molar-refractivity contribution is 7.81. The first-order chi connectivity index (χ1) is 12.8. The Morgan fingerprint density at radius 3 is 2.77 bits per heavy atom. The fourth-order valence-electron chi connectivity index (χ4n) is 3.18.